The molecule has 2 N–H and O–H groups in total. The number of nitrogens with two attached hydrogens (primary N) is 1. The summed E-state index contributed by atoms with van der Waals surface area (Å²) in [6, 6.07) is 1.99. The van der Waals surface area contributed by atoms with Gasteiger partial charge in [0, 0.05) is 38.2 Å². The van der Waals surface area contributed by atoms with Gasteiger partial charge in [-0.05, 0) is 51.0 Å². The van der Waals surface area contributed by atoms with Crippen LogP contribution in [0.25, 0.3) is 11.0 Å². The van der Waals surface area contributed by atoms with Crippen molar-refractivity contribution in [3.05, 3.63) is 23.0 Å². The first kappa shape index (κ1) is 17.9. The second-order valence-corrected chi connectivity index (χ2v) is 8.04. The minimum atomic E-state index is -0.269. The molecule has 1 atom stereocenters. The Labute approximate surface area is 158 Å². The average molecular weight is 369 g/mol. The quantitative estimate of drug-likeness (QED) is 0.875. The molecule has 7 nitrogen and oxygen atoms in total. The first-order chi connectivity index (χ1) is 12.9. The van der Waals surface area contributed by atoms with E-state index in [4.69, 9.17) is 10.7 Å². The molecule has 1 aliphatic heterocycles. The van der Waals surface area contributed by atoms with Crippen molar-refractivity contribution in [2.75, 3.05) is 13.1 Å². The van der Waals surface area contributed by atoms with Crippen molar-refractivity contribution in [3.8, 4) is 0 Å². The molecule has 144 valence electrons. The third-order valence-corrected chi connectivity index (χ3v) is 5.82. The smallest absolute Gasteiger partial charge is 0.254 e. The number of nitrogens with zero attached hydrogens (tertiary/aromatic N) is 4. The second-order valence-electron chi connectivity index (χ2n) is 8.04. The van der Waals surface area contributed by atoms with Crippen LogP contribution in [0.5, 0.6) is 0 Å². The van der Waals surface area contributed by atoms with E-state index in [1.54, 1.807) is 4.68 Å². The zero-order valence-electron chi connectivity index (χ0n) is 16.1. The van der Waals surface area contributed by atoms with Crippen molar-refractivity contribution in [1.82, 2.24) is 19.7 Å². The lowest BCUT2D eigenvalue weighted by Crippen LogP contribution is -2.40. The number of primary amides is 1. The lowest BCUT2D eigenvalue weighted by Gasteiger charge is -2.33. The Balaban J connectivity index is 1.64. The summed E-state index contributed by atoms with van der Waals surface area (Å²) in [4.78, 5) is 31.2. The number of hydrogen-bond donors (Lipinski definition) is 1. The van der Waals surface area contributed by atoms with Gasteiger partial charge < -0.3 is 10.6 Å². The van der Waals surface area contributed by atoms with E-state index in [0.29, 0.717) is 24.8 Å². The van der Waals surface area contributed by atoms with Crippen molar-refractivity contribution < 1.29 is 9.59 Å². The van der Waals surface area contributed by atoms with Gasteiger partial charge in [-0.25, -0.2) is 4.98 Å². The number of hydrogen-bond acceptors (Lipinski definition) is 4. The number of pyridine rings is 1. The van der Waals surface area contributed by atoms with Crippen LogP contribution in [0.2, 0.25) is 0 Å². The topological polar surface area (TPSA) is 94.1 Å². The minimum absolute atomic E-state index is 0.0594. The van der Waals surface area contributed by atoms with E-state index in [9.17, 15) is 9.59 Å². The Kier molecular flexibility index (Phi) is 4.61. The molecule has 1 unspecified atom stereocenters. The van der Waals surface area contributed by atoms with Crippen LogP contribution < -0.4 is 5.73 Å². The van der Waals surface area contributed by atoms with Crippen molar-refractivity contribution >= 4 is 22.8 Å². The van der Waals surface area contributed by atoms with Crippen LogP contribution in [-0.2, 0) is 11.8 Å². The molecule has 7 heteroatoms. The number of carbonyl (C=O) groups is 2. The molecule has 1 saturated carbocycles. The first-order valence-corrected chi connectivity index (χ1v) is 9.86. The van der Waals surface area contributed by atoms with E-state index >= 15 is 0 Å². The zero-order valence-corrected chi connectivity index (χ0v) is 16.1. The summed E-state index contributed by atoms with van der Waals surface area (Å²) in [6.07, 6.45) is 5.43. The molecule has 0 aromatic carbocycles. The number of rotatable bonds is 5. The molecule has 0 radical (unpaired) electrons. The fourth-order valence-electron chi connectivity index (χ4n) is 4.22. The lowest BCUT2D eigenvalue weighted by molar-refractivity contribution is -0.118. The van der Waals surface area contributed by atoms with Crippen molar-refractivity contribution in [3.63, 3.8) is 0 Å². The van der Waals surface area contributed by atoms with E-state index in [1.165, 1.54) is 0 Å². The fraction of sp³-hybridized carbons (Fsp3) is 0.600. The third kappa shape index (κ3) is 3.55. The number of fused-ring (bicyclic) bond motifs is 1. The standard InChI is InChI=1S/C20H27N5O2/c1-12-18-15(10-16(14-6-7-14)22-19(18)24(2)23-12)20(27)25-9-3-4-13(11-25)5-8-17(21)26/h10,13-14H,3-9,11H2,1-2H3,(H2,21,26). The highest BCUT2D eigenvalue weighted by Crippen LogP contribution is 2.40. The van der Waals surface area contributed by atoms with Crippen LogP contribution in [0, 0.1) is 12.8 Å². The number of amides is 2. The zero-order chi connectivity index (χ0) is 19.1. The molecule has 2 aliphatic rings. The van der Waals surface area contributed by atoms with Gasteiger partial charge in [0.1, 0.15) is 0 Å². The maximum atomic E-state index is 13.4. The van der Waals surface area contributed by atoms with E-state index in [-0.39, 0.29) is 11.8 Å². The molecule has 3 heterocycles. The Hall–Kier alpha value is -2.44. The molecular formula is C20H27N5O2. The molecular weight excluding hydrogens is 342 g/mol. The molecule has 2 aromatic rings. The van der Waals surface area contributed by atoms with Crippen molar-refractivity contribution in [2.24, 2.45) is 18.7 Å². The van der Waals surface area contributed by atoms with Gasteiger partial charge in [-0.3, -0.25) is 14.3 Å². The lowest BCUT2D eigenvalue weighted by atomic mass is 9.92. The summed E-state index contributed by atoms with van der Waals surface area (Å²) < 4.78 is 1.78. The Morgan fingerprint density at radius 3 is 2.78 bits per heavy atom. The number of likely N-dealkylation sites (tertiary alicyclic amines) is 1. The summed E-state index contributed by atoms with van der Waals surface area (Å²) >= 11 is 0. The number of piperidine rings is 1. The van der Waals surface area contributed by atoms with Crippen LogP contribution in [-0.4, -0.2) is 44.6 Å². The highest BCUT2D eigenvalue weighted by atomic mass is 16.2. The summed E-state index contributed by atoms with van der Waals surface area (Å²) in [5.74, 6) is 0.602. The summed E-state index contributed by atoms with van der Waals surface area (Å²) in [5.41, 5.74) is 8.66. The highest BCUT2D eigenvalue weighted by molar-refractivity contribution is 6.06. The second kappa shape index (κ2) is 6.94. The molecule has 27 heavy (non-hydrogen) atoms. The number of carbonyl (C=O) groups excluding carboxylic acids is 2. The predicted molar refractivity (Wildman–Crippen MR) is 102 cm³/mol. The summed E-state index contributed by atoms with van der Waals surface area (Å²) in [5, 5.41) is 5.36. The van der Waals surface area contributed by atoms with Gasteiger partial charge in [0.05, 0.1) is 16.6 Å². The van der Waals surface area contributed by atoms with Crippen LogP contribution >= 0.6 is 0 Å². The SMILES string of the molecule is Cc1nn(C)c2nc(C3CC3)cc(C(=O)N3CCCC(CCC(N)=O)C3)c12. The molecule has 0 spiro atoms. The van der Waals surface area contributed by atoms with Gasteiger partial charge in [0.25, 0.3) is 5.91 Å². The number of aromatic nitrogens is 3. The van der Waals surface area contributed by atoms with E-state index < -0.39 is 0 Å². The molecule has 1 aliphatic carbocycles. The van der Waals surface area contributed by atoms with Gasteiger partial charge in [-0.1, -0.05) is 0 Å². The minimum Gasteiger partial charge on any atom is -0.370 e. The van der Waals surface area contributed by atoms with Gasteiger partial charge in [-0.2, -0.15) is 5.10 Å². The molecule has 4 rings (SSSR count). The van der Waals surface area contributed by atoms with Gasteiger partial charge >= 0.3 is 0 Å². The monoisotopic (exact) mass is 369 g/mol. The predicted octanol–water partition coefficient (Wildman–Crippen LogP) is 2.27. The van der Waals surface area contributed by atoms with E-state index in [2.05, 4.69) is 5.10 Å². The van der Waals surface area contributed by atoms with E-state index in [1.807, 2.05) is 24.9 Å². The number of aryl methyl sites for hydroxylation is 2. The summed E-state index contributed by atoms with van der Waals surface area (Å²) in [6.45, 7) is 3.38. The maximum absolute atomic E-state index is 13.4. The first-order valence-electron chi connectivity index (χ1n) is 9.86. The van der Waals surface area contributed by atoms with Gasteiger partial charge in [0.2, 0.25) is 5.91 Å². The van der Waals surface area contributed by atoms with Crippen LogP contribution in [0.1, 0.15) is 66.2 Å². The highest BCUT2D eigenvalue weighted by Gasteiger charge is 2.31. The van der Waals surface area contributed by atoms with Crippen molar-refractivity contribution in [2.45, 2.75) is 51.4 Å². The maximum Gasteiger partial charge on any atom is 0.254 e. The average Bonchev–Trinajstić information content (AvgIpc) is 3.46. The molecule has 0 bridgehead atoms. The Morgan fingerprint density at radius 2 is 2.07 bits per heavy atom. The largest absolute Gasteiger partial charge is 0.370 e. The van der Waals surface area contributed by atoms with E-state index in [0.717, 1.165) is 66.6 Å². The van der Waals surface area contributed by atoms with Crippen molar-refractivity contribution in [1.29, 1.82) is 0 Å². The fourth-order valence-corrected chi connectivity index (χ4v) is 4.22. The summed E-state index contributed by atoms with van der Waals surface area (Å²) in [7, 11) is 1.88. The van der Waals surface area contributed by atoms with Gasteiger partial charge in [-0.15, -0.1) is 0 Å². The normalized spacial score (nSPS) is 20.2. The third-order valence-electron chi connectivity index (χ3n) is 5.82. The Bertz CT molecular complexity index is 899. The molecule has 2 amide bonds. The van der Waals surface area contributed by atoms with Crippen LogP contribution in [0.4, 0.5) is 0 Å². The van der Waals surface area contributed by atoms with Crippen LogP contribution in [0.15, 0.2) is 6.07 Å². The molecule has 2 fully saturated rings. The van der Waals surface area contributed by atoms with Crippen LogP contribution in [0.3, 0.4) is 0 Å². The Morgan fingerprint density at radius 1 is 1.30 bits per heavy atom. The molecule has 1 saturated heterocycles. The van der Waals surface area contributed by atoms with Gasteiger partial charge in [0.15, 0.2) is 5.65 Å². The molecule has 2 aromatic heterocycles.